The monoisotopic (exact) mass is 348 g/mol. The number of benzene rings is 1. The van der Waals surface area contributed by atoms with Crippen LogP contribution in [0.25, 0.3) is 0 Å². The second-order valence-electron chi connectivity index (χ2n) is 7.47. The number of carbonyl (C=O) groups is 2. The summed E-state index contributed by atoms with van der Waals surface area (Å²) >= 11 is 0. The number of amides is 2. The number of piperidine rings is 1. The van der Waals surface area contributed by atoms with Gasteiger partial charge in [0, 0.05) is 19.7 Å². The first kappa shape index (κ1) is 19.2. The molecule has 0 saturated carbocycles. The van der Waals surface area contributed by atoms with E-state index in [0.717, 1.165) is 12.8 Å². The number of rotatable bonds is 4. The molecule has 0 aliphatic carbocycles. The summed E-state index contributed by atoms with van der Waals surface area (Å²) in [5.74, 6) is -0.0779. The molecule has 1 aromatic rings. The van der Waals surface area contributed by atoms with Crippen molar-refractivity contribution in [1.82, 2.24) is 10.2 Å². The summed E-state index contributed by atoms with van der Waals surface area (Å²) in [4.78, 5) is 27.0. The summed E-state index contributed by atoms with van der Waals surface area (Å²) in [5.41, 5.74) is 0.0751. The van der Waals surface area contributed by atoms with Crippen LogP contribution in [0, 0.1) is 5.92 Å². The topological polar surface area (TPSA) is 78.9 Å². The van der Waals surface area contributed by atoms with Gasteiger partial charge in [0.25, 0.3) is 0 Å². The van der Waals surface area contributed by atoms with Crippen molar-refractivity contribution in [2.24, 2.45) is 5.92 Å². The standard InChI is InChI=1S/C19H28N2O4/c1-19(2,3)25-18(24)20-16(15-9-5-4-6-10-15)17(23)21-11-7-8-14(12-21)13-22/h4-6,9-10,14,16,22H,7-8,11-13H2,1-3H3,(H,20,24). The van der Waals surface area contributed by atoms with Crippen molar-refractivity contribution in [2.45, 2.75) is 45.3 Å². The molecule has 1 aliphatic rings. The minimum atomic E-state index is -0.798. The Morgan fingerprint density at radius 1 is 1.32 bits per heavy atom. The van der Waals surface area contributed by atoms with Crippen LogP contribution in [0.5, 0.6) is 0 Å². The Labute approximate surface area is 149 Å². The van der Waals surface area contributed by atoms with Gasteiger partial charge < -0.3 is 20.1 Å². The first-order valence-electron chi connectivity index (χ1n) is 8.74. The van der Waals surface area contributed by atoms with Crippen LogP contribution >= 0.6 is 0 Å². The van der Waals surface area contributed by atoms with Crippen LogP contribution in [0.3, 0.4) is 0 Å². The zero-order valence-corrected chi connectivity index (χ0v) is 15.2. The molecule has 1 saturated heterocycles. The van der Waals surface area contributed by atoms with E-state index in [9.17, 15) is 14.7 Å². The highest BCUT2D eigenvalue weighted by molar-refractivity contribution is 5.87. The van der Waals surface area contributed by atoms with E-state index in [1.807, 2.05) is 30.3 Å². The lowest BCUT2D eigenvalue weighted by molar-refractivity contribution is -0.135. The number of nitrogens with one attached hydrogen (secondary N) is 1. The van der Waals surface area contributed by atoms with Gasteiger partial charge in [-0.25, -0.2) is 4.79 Å². The Morgan fingerprint density at radius 3 is 2.60 bits per heavy atom. The molecule has 0 spiro atoms. The lowest BCUT2D eigenvalue weighted by Gasteiger charge is -2.34. The second-order valence-corrected chi connectivity index (χ2v) is 7.47. The number of likely N-dealkylation sites (tertiary alicyclic amines) is 1. The maximum atomic E-state index is 13.0. The summed E-state index contributed by atoms with van der Waals surface area (Å²) in [7, 11) is 0. The molecular formula is C19H28N2O4. The van der Waals surface area contributed by atoms with Gasteiger partial charge in [0.2, 0.25) is 5.91 Å². The molecule has 2 unspecified atom stereocenters. The van der Waals surface area contributed by atoms with Crippen LogP contribution in [0.15, 0.2) is 30.3 Å². The summed E-state index contributed by atoms with van der Waals surface area (Å²) in [5, 5.41) is 12.1. The van der Waals surface area contributed by atoms with Crippen molar-refractivity contribution in [2.75, 3.05) is 19.7 Å². The smallest absolute Gasteiger partial charge is 0.408 e. The molecule has 1 heterocycles. The van der Waals surface area contributed by atoms with Gasteiger partial charge in [-0.3, -0.25) is 4.79 Å². The van der Waals surface area contributed by atoms with Crippen molar-refractivity contribution in [3.8, 4) is 0 Å². The number of aliphatic hydroxyl groups excluding tert-OH is 1. The predicted octanol–water partition coefficient (Wildman–Crippen LogP) is 2.48. The Morgan fingerprint density at radius 2 is 2.00 bits per heavy atom. The maximum absolute atomic E-state index is 13.0. The summed E-state index contributed by atoms with van der Waals surface area (Å²) in [6.07, 6.45) is 1.14. The number of alkyl carbamates (subject to hydrolysis) is 1. The van der Waals surface area contributed by atoms with E-state index in [0.29, 0.717) is 18.7 Å². The van der Waals surface area contributed by atoms with Crippen LogP contribution in [-0.2, 0) is 9.53 Å². The van der Waals surface area contributed by atoms with Crippen LogP contribution < -0.4 is 5.32 Å². The van der Waals surface area contributed by atoms with Crippen molar-refractivity contribution in [1.29, 1.82) is 0 Å². The molecule has 2 amide bonds. The number of carbonyl (C=O) groups excluding carboxylic acids is 2. The van der Waals surface area contributed by atoms with Crippen LogP contribution in [0.2, 0.25) is 0 Å². The lowest BCUT2D eigenvalue weighted by atomic mass is 9.97. The summed E-state index contributed by atoms with van der Waals surface area (Å²) < 4.78 is 5.31. The molecule has 0 aromatic heterocycles. The van der Waals surface area contributed by atoms with Crippen LogP contribution in [0.4, 0.5) is 4.79 Å². The molecule has 2 atom stereocenters. The molecule has 6 nitrogen and oxygen atoms in total. The Bertz CT molecular complexity index is 583. The average molecular weight is 348 g/mol. The first-order valence-corrected chi connectivity index (χ1v) is 8.74. The van der Waals surface area contributed by atoms with E-state index in [1.165, 1.54) is 0 Å². The van der Waals surface area contributed by atoms with Gasteiger partial charge in [0.05, 0.1) is 0 Å². The van der Waals surface area contributed by atoms with Gasteiger partial charge in [-0.05, 0) is 45.1 Å². The lowest BCUT2D eigenvalue weighted by Crippen LogP contribution is -2.48. The third kappa shape index (κ3) is 5.74. The molecule has 0 radical (unpaired) electrons. The fourth-order valence-electron chi connectivity index (χ4n) is 2.96. The largest absolute Gasteiger partial charge is 0.444 e. The Kier molecular flexibility index (Phi) is 6.42. The minimum Gasteiger partial charge on any atom is -0.444 e. The molecule has 1 fully saturated rings. The highest BCUT2D eigenvalue weighted by Gasteiger charge is 2.32. The molecule has 1 aliphatic heterocycles. The maximum Gasteiger partial charge on any atom is 0.408 e. The summed E-state index contributed by atoms with van der Waals surface area (Å²) in [6, 6.07) is 8.36. The van der Waals surface area contributed by atoms with Gasteiger partial charge in [0.1, 0.15) is 11.6 Å². The first-order chi connectivity index (χ1) is 11.8. The molecule has 0 bridgehead atoms. The Hall–Kier alpha value is -2.08. The van der Waals surface area contributed by atoms with E-state index >= 15 is 0 Å². The van der Waals surface area contributed by atoms with Gasteiger partial charge in [0.15, 0.2) is 0 Å². The van der Waals surface area contributed by atoms with Crippen molar-refractivity contribution < 1.29 is 19.4 Å². The Balaban J connectivity index is 2.16. The molecule has 2 N–H and O–H groups in total. The highest BCUT2D eigenvalue weighted by Crippen LogP contribution is 2.22. The van der Waals surface area contributed by atoms with Gasteiger partial charge in [-0.1, -0.05) is 30.3 Å². The van der Waals surface area contributed by atoms with Gasteiger partial charge in [-0.2, -0.15) is 0 Å². The minimum absolute atomic E-state index is 0.0687. The average Bonchev–Trinajstić information content (AvgIpc) is 2.58. The fourth-order valence-corrected chi connectivity index (χ4v) is 2.96. The third-order valence-corrected chi connectivity index (χ3v) is 4.13. The molecule has 1 aromatic carbocycles. The van der Waals surface area contributed by atoms with Crippen LogP contribution in [-0.4, -0.2) is 47.3 Å². The molecule has 25 heavy (non-hydrogen) atoms. The van der Waals surface area contributed by atoms with Crippen molar-refractivity contribution in [3.05, 3.63) is 35.9 Å². The van der Waals surface area contributed by atoms with Gasteiger partial charge >= 0.3 is 6.09 Å². The van der Waals surface area contributed by atoms with Crippen molar-refractivity contribution >= 4 is 12.0 Å². The van der Waals surface area contributed by atoms with Crippen LogP contribution in [0.1, 0.15) is 45.2 Å². The van der Waals surface area contributed by atoms with E-state index in [1.54, 1.807) is 25.7 Å². The zero-order chi connectivity index (χ0) is 18.4. The quantitative estimate of drug-likeness (QED) is 0.876. The number of aliphatic hydroxyl groups is 1. The summed E-state index contributed by atoms with van der Waals surface area (Å²) in [6.45, 7) is 6.55. The highest BCUT2D eigenvalue weighted by atomic mass is 16.6. The van der Waals surface area contributed by atoms with E-state index in [4.69, 9.17) is 4.74 Å². The number of nitrogens with zero attached hydrogens (tertiary/aromatic N) is 1. The van der Waals surface area contributed by atoms with E-state index in [2.05, 4.69) is 5.32 Å². The molecule has 2 rings (SSSR count). The second kappa shape index (κ2) is 8.34. The van der Waals surface area contributed by atoms with Crippen molar-refractivity contribution in [3.63, 3.8) is 0 Å². The SMILES string of the molecule is CC(C)(C)OC(=O)NC(C(=O)N1CCCC(CO)C1)c1ccccc1. The fraction of sp³-hybridized carbons (Fsp3) is 0.579. The van der Waals surface area contributed by atoms with E-state index in [-0.39, 0.29) is 18.4 Å². The zero-order valence-electron chi connectivity index (χ0n) is 15.2. The molecule has 138 valence electrons. The number of hydrogen-bond acceptors (Lipinski definition) is 4. The van der Waals surface area contributed by atoms with E-state index < -0.39 is 17.7 Å². The molecular weight excluding hydrogens is 320 g/mol. The number of ether oxygens (including phenoxy) is 1. The van der Waals surface area contributed by atoms with Gasteiger partial charge in [-0.15, -0.1) is 0 Å². The number of hydrogen-bond donors (Lipinski definition) is 2. The predicted molar refractivity (Wildman–Crippen MR) is 94.9 cm³/mol. The molecule has 6 heteroatoms. The normalized spacial score (nSPS) is 19.2. The third-order valence-electron chi connectivity index (χ3n) is 4.13.